The highest BCUT2D eigenvalue weighted by Crippen LogP contribution is 2.36. The zero-order valence-corrected chi connectivity index (χ0v) is 15.4. The number of carbonyl (C=O) groups excluding carboxylic acids is 1. The van der Waals surface area contributed by atoms with Gasteiger partial charge < -0.3 is 0 Å². The summed E-state index contributed by atoms with van der Waals surface area (Å²) in [5, 5.41) is 0. The largest absolute Gasteiger partial charge is 0.289 e. The van der Waals surface area contributed by atoms with Crippen molar-refractivity contribution in [3.05, 3.63) is 39.2 Å². The maximum atomic E-state index is 12.5. The van der Waals surface area contributed by atoms with E-state index >= 15 is 0 Å². The van der Waals surface area contributed by atoms with Crippen LogP contribution >= 0.6 is 39.9 Å². The molecule has 2 fully saturated rings. The van der Waals surface area contributed by atoms with E-state index in [0.29, 0.717) is 15.6 Å². The second-order valence-corrected chi connectivity index (χ2v) is 9.98. The van der Waals surface area contributed by atoms with E-state index in [-0.39, 0.29) is 23.5 Å². The minimum atomic E-state index is -3.05. The van der Waals surface area contributed by atoms with E-state index in [1.165, 1.54) is 16.7 Å². The van der Waals surface area contributed by atoms with Crippen LogP contribution in [0.25, 0.3) is 6.08 Å². The normalized spacial score (nSPS) is 26.1. The maximum absolute atomic E-state index is 12.5. The monoisotopic (exact) mass is 417 g/mol. The van der Waals surface area contributed by atoms with E-state index in [0.717, 1.165) is 10.0 Å². The van der Waals surface area contributed by atoms with Gasteiger partial charge in [0.05, 0.1) is 22.5 Å². The summed E-state index contributed by atoms with van der Waals surface area (Å²) in [6.07, 6.45) is 2.24. The van der Waals surface area contributed by atoms with Crippen LogP contribution in [0, 0.1) is 0 Å². The predicted octanol–water partition coefficient (Wildman–Crippen LogP) is 2.84. The Morgan fingerprint density at radius 2 is 2.18 bits per heavy atom. The highest BCUT2D eigenvalue weighted by atomic mass is 79.9. The summed E-state index contributed by atoms with van der Waals surface area (Å²) in [4.78, 5) is 14.5. The van der Waals surface area contributed by atoms with Gasteiger partial charge in [0.1, 0.15) is 4.32 Å². The Morgan fingerprint density at radius 3 is 2.82 bits per heavy atom. The van der Waals surface area contributed by atoms with Crippen LogP contribution in [0.4, 0.5) is 0 Å². The van der Waals surface area contributed by atoms with E-state index in [1.807, 2.05) is 24.3 Å². The third-order valence-corrected chi connectivity index (χ3v) is 7.12. The lowest BCUT2D eigenvalue weighted by molar-refractivity contribution is -0.123. The average molecular weight is 418 g/mol. The van der Waals surface area contributed by atoms with Crippen molar-refractivity contribution < 1.29 is 13.2 Å². The number of hydrogen-bond donors (Lipinski definition) is 0. The van der Waals surface area contributed by atoms with Crippen LogP contribution < -0.4 is 0 Å². The minimum Gasteiger partial charge on any atom is -0.289 e. The molecule has 3 rings (SSSR count). The first kappa shape index (κ1) is 16.2. The number of benzene rings is 1. The number of nitrogens with zero attached hydrogens (tertiary/aromatic N) is 1. The van der Waals surface area contributed by atoms with Gasteiger partial charge in [-0.15, -0.1) is 0 Å². The smallest absolute Gasteiger partial charge is 0.266 e. The Balaban J connectivity index is 1.86. The molecule has 0 radical (unpaired) electrons. The van der Waals surface area contributed by atoms with Crippen LogP contribution in [0.1, 0.15) is 12.0 Å². The molecule has 0 bridgehead atoms. The summed E-state index contributed by atoms with van der Waals surface area (Å²) in [6.45, 7) is 0. The van der Waals surface area contributed by atoms with Crippen LogP contribution in [0.3, 0.4) is 0 Å². The number of thiocarbonyl (C=S) groups is 1. The number of carbonyl (C=O) groups is 1. The van der Waals surface area contributed by atoms with Crippen LogP contribution in [0.5, 0.6) is 0 Å². The van der Waals surface area contributed by atoms with E-state index in [9.17, 15) is 13.2 Å². The third-order valence-electron chi connectivity index (χ3n) is 3.54. The van der Waals surface area contributed by atoms with Crippen molar-refractivity contribution in [2.24, 2.45) is 0 Å². The number of thioether (sulfide) groups is 1. The molecule has 4 nitrogen and oxygen atoms in total. The highest BCUT2D eigenvalue weighted by molar-refractivity contribution is 9.10. The molecule has 8 heteroatoms. The summed E-state index contributed by atoms with van der Waals surface area (Å²) in [6, 6.07) is 7.28. The zero-order chi connectivity index (χ0) is 15.9. The molecule has 2 heterocycles. The minimum absolute atomic E-state index is 0.00358. The van der Waals surface area contributed by atoms with Gasteiger partial charge in [-0.2, -0.15) is 0 Å². The summed E-state index contributed by atoms with van der Waals surface area (Å²) < 4.78 is 24.6. The van der Waals surface area contributed by atoms with E-state index in [2.05, 4.69) is 15.9 Å². The van der Waals surface area contributed by atoms with Crippen molar-refractivity contribution in [3.63, 3.8) is 0 Å². The second kappa shape index (κ2) is 6.07. The Hall–Kier alpha value is -0.700. The second-order valence-electron chi connectivity index (χ2n) is 5.16. The lowest BCUT2D eigenvalue weighted by Crippen LogP contribution is -2.39. The van der Waals surface area contributed by atoms with Crippen molar-refractivity contribution in [3.8, 4) is 0 Å². The molecule has 0 saturated carbocycles. The standard InChI is InChI=1S/C14H12BrNO3S3/c15-10-3-1-2-9(6-10)7-12-13(17)16(14(20)21-12)11-4-5-22(18,19)8-11/h1-3,6-7,11H,4-5,8H2/b12-7-. The molecule has 2 saturated heterocycles. The van der Waals surface area contributed by atoms with Gasteiger partial charge in [0.2, 0.25) is 0 Å². The van der Waals surface area contributed by atoms with E-state index in [4.69, 9.17) is 12.2 Å². The molecule has 0 aliphatic carbocycles. The number of rotatable bonds is 2. The molecular weight excluding hydrogens is 406 g/mol. The van der Waals surface area contributed by atoms with Crippen LogP contribution in [-0.4, -0.2) is 41.1 Å². The number of amides is 1. The first-order chi connectivity index (χ1) is 10.4. The molecular formula is C14H12BrNO3S3. The fourth-order valence-corrected chi connectivity index (χ4v) is 6.04. The Morgan fingerprint density at radius 1 is 1.41 bits per heavy atom. The lowest BCUT2D eigenvalue weighted by atomic mass is 10.2. The maximum Gasteiger partial charge on any atom is 0.266 e. The molecule has 0 aromatic heterocycles. The van der Waals surface area contributed by atoms with Crippen molar-refractivity contribution in [2.75, 3.05) is 11.5 Å². The fourth-order valence-electron chi connectivity index (χ4n) is 2.52. The van der Waals surface area contributed by atoms with Crippen LogP contribution in [-0.2, 0) is 14.6 Å². The van der Waals surface area contributed by atoms with E-state index in [1.54, 1.807) is 6.08 Å². The molecule has 1 unspecified atom stereocenters. The molecule has 2 aliphatic heterocycles. The van der Waals surface area contributed by atoms with Crippen molar-refractivity contribution >= 4 is 66.1 Å². The predicted molar refractivity (Wildman–Crippen MR) is 96.2 cm³/mol. The molecule has 116 valence electrons. The molecule has 1 aromatic rings. The van der Waals surface area contributed by atoms with E-state index < -0.39 is 9.84 Å². The highest BCUT2D eigenvalue weighted by Gasteiger charge is 2.42. The Kier molecular flexibility index (Phi) is 4.46. The van der Waals surface area contributed by atoms with Gasteiger partial charge in [0.15, 0.2) is 9.84 Å². The molecule has 1 amide bonds. The van der Waals surface area contributed by atoms with Gasteiger partial charge in [-0.25, -0.2) is 8.42 Å². The topological polar surface area (TPSA) is 54.5 Å². The molecule has 22 heavy (non-hydrogen) atoms. The summed E-state index contributed by atoms with van der Waals surface area (Å²) in [5.74, 6) is -0.0692. The van der Waals surface area contributed by atoms with Crippen molar-refractivity contribution in [1.29, 1.82) is 0 Å². The number of halogens is 1. The molecule has 0 N–H and O–H groups in total. The number of sulfone groups is 1. The third kappa shape index (κ3) is 3.29. The fraction of sp³-hybridized carbons (Fsp3) is 0.286. The molecule has 2 aliphatic rings. The van der Waals surface area contributed by atoms with Crippen molar-refractivity contribution in [1.82, 2.24) is 4.90 Å². The van der Waals surface area contributed by atoms with Gasteiger partial charge in [-0.3, -0.25) is 9.69 Å². The van der Waals surface area contributed by atoms with Gasteiger partial charge in [-0.1, -0.05) is 52.0 Å². The van der Waals surface area contributed by atoms with Gasteiger partial charge in [0, 0.05) is 4.47 Å². The Bertz CT molecular complexity index is 788. The first-order valence-corrected chi connectivity index (χ1v) is 10.4. The molecule has 1 aromatic carbocycles. The van der Waals surface area contributed by atoms with Crippen LogP contribution in [0.15, 0.2) is 33.6 Å². The zero-order valence-electron chi connectivity index (χ0n) is 11.4. The van der Waals surface area contributed by atoms with Gasteiger partial charge in [-0.05, 0) is 30.2 Å². The van der Waals surface area contributed by atoms with Crippen molar-refractivity contribution in [2.45, 2.75) is 12.5 Å². The molecule has 1 atom stereocenters. The van der Waals surface area contributed by atoms with Crippen LogP contribution in [0.2, 0.25) is 0 Å². The lowest BCUT2D eigenvalue weighted by Gasteiger charge is -2.20. The van der Waals surface area contributed by atoms with Gasteiger partial charge >= 0.3 is 0 Å². The summed E-state index contributed by atoms with van der Waals surface area (Å²) in [7, 11) is -3.05. The SMILES string of the molecule is O=C1/C(=C/c2cccc(Br)c2)SC(=S)N1C1CCS(=O)(=O)C1. The molecule has 0 spiro atoms. The average Bonchev–Trinajstić information content (AvgIpc) is 2.90. The Labute approximate surface area is 147 Å². The summed E-state index contributed by atoms with van der Waals surface area (Å²) in [5.41, 5.74) is 0.897. The summed E-state index contributed by atoms with van der Waals surface area (Å²) >= 11 is 9.89. The number of hydrogen-bond acceptors (Lipinski definition) is 5. The first-order valence-electron chi connectivity index (χ1n) is 6.59. The van der Waals surface area contributed by atoms with Gasteiger partial charge in [0.25, 0.3) is 5.91 Å². The quantitative estimate of drug-likeness (QED) is 0.546.